The van der Waals surface area contributed by atoms with Gasteiger partial charge in [0.05, 0.1) is 24.2 Å². The van der Waals surface area contributed by atoms with Crippen molar-refractivity contribution in [3.8, 4) is 5.75 Å². The van der Waals surface area contributed by atoms with E-state index in [2.05, 4.69) is 15.8 Å². The maximum absolute atomic E-state index is 11.7. The molecule has 23 heavy (non-hydrogen) atoms. The van der Waals surface area contributed by atoms with E-state index >= 15 is 0 Å². The molecule has 6 nitrogen and oxygen atoms in total. The summed E-state index contributed by atoms with van der Waals surface area (Å²) >= 11 is 1.32. The zero-order valence-corrected chi connectivity index (χ0v) is 13.4. The quantitative estimate of drug-likeness (QED) is 0.602. The molecule has 0 atom stereocenters. The molecule has 2 rings (SSSR count). The number of rotatable bonds is 7. The number of amides is 2. The average Bonchev–Trinajstić information content (AvgIpc) is 3.09. The van der Waals surface area contributed by atoms with Crippen molar-refractivity contribution in [1.82, 2.24) is 10.7 Å². The van der Waals surface area contributed by atoms with Crippen molar-refractivity contribution in [3.63, 3.8) is 0 Å². The maximum atomic E-state index is 11.7. The summed E-state index contributed by atoms with van der Waals surface area (Å²) in [6.07, 6.45) is 1.50. The minimum Gasteiger partial charge on any atom is -0.493 e. The second-order valence-electron chi connectivity index (χ2n) is 4.42. The first kappa shape index (κ1) is 16.7. The summed E-state index contributed by atoms with van der Waals surface area (Å²) < 4.78 is 5.46. The van der Waals surface area contributed by atoms with E-state index in [9.17, 15) is 9.59 Å². The van der Waals surface area contributed by atoms with E-state index in [4.69, 9.17) is 4.74 Å². The fourth-order valence-corrected chi connectivity index (χ4v) is 2.38. The van der Waals surface area contributed by atoms with E-state index in [-0.39, 0.29) is 12.5 Å². The van der Waals surface area contributed by atoms with Crippen molar-refractivity contribution in [2.45, 2.75) is 6.92 Å². The minimum absolute atomic E-state index is 0.138. The predicted octanol–water partition coefficient (Wildman–Crippen LogP) is 2.03. The highest BCUT2D eigenvalue weighted by Crippen LogP contribution is 2.15. The van der Waals surface area contributed by atoms with Crippen LogP contribution in [0.1, 0.15) is 22.2 Å². The zero-order chi connectivity index (χ0) is 16.5. The molecule has 0 saturated carbocycles. The van der Waals surface area contributed by atoms with Gasteiger partial charge >= 0.3 is 0 Å². The lowest BCUT2D eigenvalue weighted by atomic mass is 10.2. The minimum atomic E-state index is -0.403. The summed E-state index contributed by atoms with van der Waals surface area (Å²) in [7, 11) is 0. The monoisotopic (exact) mass is 331 g/mol. The number of carbonyl (C=O) groups excluding carboxylic acids is 2. The number of carbonyl (C=O) groups is 2. The van der Waals surface area contributed by atoms with Crippen molar-refractivity contribution in [2.24, 2.45) is 5.10 Å². The maximum Gasteiger partial charge on any atom is 0.261 e. The van der Waals surface area contributed by atoms with Crippen LogP contribution in [0.15, 0.2) is 46.9 Å². The Bertz CT molecular complexity index is 684. The Morgan fingerprint density at radius 3 is 2.83 bits per heavy atom. The number of para-hydroxylation sites is 1. The predicted molar refractivity (Wildman–Crippen MR) is 90.0 cm³/mol. The number of nitrogens with one attached hydrogen (secondary N) is 2. The Balaban J connectivity index is 1.81. The average molecular weight is 331 g/mol. The molecule has 2 amide bonds. The summed E-state index contributed by atoms with van der Waals surface area (Å²) in [6.45, 7) is 2.30. The van der Waals surface area contributed by atoms with Crippen molar-refractivity contribution in [3.05, 3.63) is 52.2 Å². The zero-order valence-electron chi connectivity index (χ0n) is 12.6. The smallest absolute Gasteiger partial charge is 0.261 e. The van der Waals surface area contributed by atoms with Gasteiger partial charge in [-0.25, -0.2) is 5.43 Å². The van der Waals surface area contributed by atoms with E-state index in [1.165, 1.54) is 17.6 Å². The highest BCUT2D eigenvalue weighted by Gasteiger charge is 2.08. The summed E-state index contributed by atoms with van der Waals surface area (Å²) in [5, 5.41) is 8.20. The first-order chi connectivity index (χ1) is 11.2. The topological polar surface area (TPSA) is 79.8 Å². The largest absolute Gasteiger partial charge is 0.493 e. The molecule has 0 aliphatic rings. The highest BCUT2D eigenvalue weighted by molar-refractivity contribution is 7.12. The molecular formula is C16H17N3O3S. The molecular weight excluding hydrogens is 314 g/mol. The molecule has 1 aromatic heterocycles. The molecule has 0 radical (unpaired) electrons. The van der Waals surface area contributed by atoms with E-state index < -0.39 is 5.91 Å². The van der Waals surface area contributed by atoms with Gasteiger partial charge in [-0.15, -0.1) is 11.3 Å². The van der Waals surface area contributed by atoms with Crippen LogP contribution in [-0.4, -0.2) is 31.2 Å². The molecule has 0 bridgehead atoms. The van der Waals surface area contributed by atoms with Gasteiger partial charge in [-0.2, -0.15) is 5.10 Å². The number of nitrogens with zero attached hydrogens (tertiary/aromatic N) is 1. The second kappa shape index (κ2) is 8.70. The van der Waals surface area contributed by atoms with Crippen LogP contribution in [0, 0.1) is 0 Å². The van der Waals surface area contributed by atoms with Gasteiger partial charge in [0.2, 0.25) is 0 Å². The molecule has 0 saturated heterocycles. The van der Waals surface area contributed by atoms with Crippen LogP contribution in [0.3, 0.4) is 0 Å². The van der Waals surface area contributed by atoms with Crippen LogP contribution in [-0.2, 0) is 4.79 Å². The van der Waals surface area contributed by atoms with Crippen LogP contribution < -0.4 is 15.5 Å². The number of ether oxygens (including phenoxy) is 1. The van der Waals surface area contributed by atoms with Crippen LogP contribution in [0.5, 0.6) is 5.75 Å². The third-order valence-electron chi connectivity index (χ3n) is 2.77. The van der Waals surface area contributed by atoms with E-state index in [0.29, 0.717) is 17.2 Å². The van der Waals surface area contributed by atoms with Gasteiger partial charge in [0.25, 0.3) is 11.8 Å². The summed E-state index contributed by atoms with van der Waals surface area (Å²) in [5.74, 6) is 0.0138. The fraction of sp³-hybridized carbons (Fsp3) is 0.188. The van der Waals surface area contributed by atoms with Crippen LogP contribution >= 0.6 is 11.3 Å². The Morgan fingerprint density at radius 2 is 2.09 bits per heavy atom. The van der Waals surface area contributed by atoms with Gasteiger partial charge < -0.3 is 10.1 Å². The van der Waals surface area contributed by atoms with E-state index in [0.717, 1.165) is 5.56 Å². The highest BCUT2D eigenvalue weighted by atomic mass is 32.1. The molecule has 1 heterocycles. The number of hydrogen-bond acceptors (Lipinski definition) is 5. The Hall–Kier alpha value is -2.67. The normalized spacial score (nSPS) is 10.5. The lowest BCUT2D eigenvalue weighted by Crippen LogP contribution is -2.34. The second-order valence-corrected chi connectivity index (χ2v) is 5.37. The summed E-state index contributed by atoms with van der Waals surface area (Å²) in [4.78, 5) is 23.9. The number of benzene rings is 1. The Kier molecular flexibility index (Phi) is 6.31. The van der Waals surface area contributed by atoms with Crippen molar-refractivity contribution in [1.29, 1.82) is 0 Å². The molecule has 0 aliphatic carbocycles. The van der Waals surface area contributed by atoms with Gasteiger partial charge in [-0.1, -0.05) is 18.2 Å². The van der Waals surface area contributed by atoms with Crippen LogP contribution in [0.25, 0.3) is 0 Å². The SMILES string of the molecule is CCOc1ccccc1C=NNC(=O)CNC(=O)c1cccs1. The number of hydrogen-bond donors (Lipinski definition) is 2. The van der Waals surface area contributed by atoms with Gasteiger partial charge in [0.15, 0.2) is 0 Å². The molecule has 2 aromatic rings. The molecule has 2 N–H and O–H groups in total. The number of hydrazone groups is 1. The van der Waals surface area contributed by atoms with Crippen molar-refractivity contribution < 1.29 is 14.3 Å². The molecule has 0 unspecified atom stereocenters. The van der Waals surface area contributed by atoms with Crippen molar-refractivity contribution >= 4 is 29.4 Å². The third-order valence-corrected chi connectivity index (χ3v) is 3.63. The molecule has 120 valence electrons. The molecule has 0 fully saturated rings. The molecule has 1 aromatic carbocycles. The molecule has 0 spiro atoms. The fourth-order valence-electron chi connectivity index (χ4n) is 1.74. The first-order valence-corrected chi connectivity index (χ1v) is 7.94. The lowest BCUT2D eigenvalue weighted by Gasteiger charge is -2.06. The van der Waals surface area contributed by atoms with Crippen LogP contribution in [0.4, 0.5) is 0 Å². The molecule has 0 aliphatic heterocycles. The van der Waals surface area contributed by atoms with Gasteiger partial charge in [-0.3, -0.25) is 9.59 Å². The summed E-state index contributed by atoms with van der Waals surface area (Å²) in [6, 6.07) is 10.8. The van der Waals surface area contributed by atoms with Gasteiger partial charge in [0, 0.05) is 5.56 Å². The Morgan fingerprint density at radius 1 is 1.26 bits per heavy atom. The number of thiophene rings is 1. The lowest BCUT2D eigenvalue weighted by molar-refractivity contribution is -0.120. The van der Waals surface area contributed by atoms with Crippen molar-refractivity contribution in [2.75, 3.05) is 13.2 Å². The van der Waals surface area contributed by atoms with Gasteiger partial charge in [-0.05, 0) is 30.5 Å². The summed E-state index contributed by atoms with van der Waals surface area (Å²) in [5.41, 5.74) is 3.13. The third kappa shape index (κ3) is 5.23. The van der Waals surface area contributed by atoms with E-state index in [1.54, 1.807) is 17.5 Å². The first-order valence-electron chi connectivity index (χ1n) is 7.06. The Labute approximate surface area is 138 Å². The van der Waals surface area contributed by atoms with Crippen LogP contribution in [0.2, 0.25) is 0 Å². The molecule has 7 heteroatoms. The van der Waals surface area contributed by atoms with E-state index in [1.807, 2.05) is 31.2 Å². The van der Waals surface area contributed by atoms with Gasteiger partial charge in [0.1, 0.15) is 5.75 Å². The standard InChI is InChI=1S/C16H17N3O3S/c1-2-22-13-7-4-3-6-12(13)10-18-19-15(20)11-17-16(21)14-8-5-9-23-14/h3-10H,2,11H2,1H3,(H,17,21)(H,19,20).